The Bertz CT molecular complexity index is 853. The number of phenolic OH excluding ortho intramolecular Hbond substituents is 1. The number of phenols is 1. The Morgan fingerprint density at radius 2 is 2.04 bits per heavy atom. The Morgan fingerprint density at radius 1 is 1.30 bits per heavy atom. The van der Waals surface area contributed by atoms with Gasteiger partial charge in [0.15, 0.2) is 0 Å². The van der Waals surface area contributed by atoms with Gasteiger partial charge in [-0.05, 0) is 44.0 Å². The Balaban J connectivity index is 1.97. The van der Waals surface area contributed by atoms with Crippen LogP contribution >= 0.6 is 0 Å². The van der Waals surface area contributed by atoms with Crippen molar-refractivity contribution in [1.82, 2.24) is 15.1 Å². The van der Waals surface area contributed by atoms with E-state index in [1.54, 1.807) is 12.1 Å². The third-order valence-corrected chi connectivity index (χ3v) is 4.85. The van der Waals surface area contributed by atoms with E-state index in [0.717, 1.165) is 25.0 Å². The predicted molar refractivity (Wildman–Crippen MR) is 104 cm³/mol. The maximum absolute atomic E-state index is 12.4. The smallest absolute Gasteiger partial charge is 0.342 e. The first kappa shape index (κ1) is 18.9. The molecule has 1 aliphatic carbocycles. The Morgan fingerprint density at radius 3 is 2.63 bits per heavy atom. The summed E-state index contributed by atoms with van der Waals surface area (Å²) in [5.74, 6) is 0.108. The molecule has 1 aromatic carbocycles. The minimum atomic E-state index is -0.269. The van der Waals surface area contributed by atoms with Gasteiger partial charge in [0.25, 0.3) is 0 Å². The van der Waals surface area contributed by atoms with Crippen LogP contribution in [0.3, 0.4) is 0 Å². The first-order chi connectivity index (χ1) is 12.9. The summed E-state index contributed by atoms with van der Waals surface area (Å²) >= 11 is 0. The van der Waals surface area contributed by atoms with Crippen LogP contribution < -0.4 is 10.6 Å². The molecule has 1 heterocycles. The normalized spacial score (nSPS) is 14.1. The van der Waals surface area contributed by atoms with E-state index in [1.807, 2.05) is 26.8 Å². The molecule has 144 valence electrons. The number of amides is 2. The summed E-state index contributed by atoms with van der Waals surface area (Å²) in [6.07, 6.45) is 3.20. The summed E-state index contributed by atoms with van der Waals surface area (Å²) in [7, 11) is 0. The molecule has 27 heavy (non-hydrogen) atoms. The summed E-state index contributed by atoms with van der Waals surface area (Å²) < 4.78 is 1.40. The van der Waals surface area contributed by atoms with Crippen molar-refractivity contribution in [2.24, 2.45) is 5.92 Å². The lowest BCUT2D eigenvalue weighted by Gasteiger charge is -2.25. The van der Waals surface area contributed by atoms with E-state index >= 15 is 0 Å². The van der Waals surface area contributed by atoms with E-state index in [2.05, 4.69) is 15.7 Å². The molecule has 1 aromatic heterocycles. The Hall–Kier alpha value is -2.83. The van der Waals surface area contributed by atoms with E-state index in [4.69, 9.17) is 0 Å². The van der Waals surface area contributed by atoms with Gasteiger partial charge in [-0.3, -0.25) is 4.79 Å². The third-order valence-electron chi connectivity index (χ3n) is 4.85. The monoisotopic (exact) mass is 370 g/mol. The van der Waals surface area contributed by atoms with Crippen LogP contribution in [-0.2, 0) is 4.79 Å². The van der Waals surface area contributed by atoms with Gasteiger partial charge in [0.05, 0.1) is 11.4 Å². The summed E-state index contributed by atoms with van der Waals surface area (Å²) in [4.78, 5) is 24.4. The number of aromatic nitrogens is 2. The number of hydrogen-bond donors (Lipinski definition) is 3. The van der Waals surface area contributed by atoms with Gasteiger partial charge in [-0.25, -0.2) is 4.79 Å². The number of anilines is 1. The molecule has 1 aliphatic rings. The van der Waals surface area contributed by atoms with Crippen LogP contribution in [0.15, 0.2) is 24.3 Å². The van der Waals surface area contributed by atoms with Gasteiger partial charge in [0.1, 0.15) is 5.75 Å². The number of hydrogen-bond acceptors (Lipinski definition) is 4. The minimum Gasteiger partial charge on any atom is -0.507 e. The van der Waals surface area contributed by atoms with Gasteiger partial charge in [-0.2, -0.15) is 9.78 Å². The lowest BCUT2D eigenvalue weighted by atomic mass is 9.82. The Labute approximate surface area is 158 Å². The van der Waals surface area contributed by atoms with Crippen LogP contribution in [0, 0.1) is 5.92 Å². The van der Waals surface area contributed by atoms with Gasteiger partial charge in [0.2, 0.25) is 5.91 Å². The lowest BCUT2D eigenvalue weighted by Crippen LogP contribution is -2.31. The Kier molecular flexibility index (Phi) is 5.48. The molecule has 2 aromatic rings. The molecule has 0 atom stereocenters. The summed E-state index contributed by atoms with van der Waals surface area (Å²) in [6, 6.07) is 6.45. The average Bonchev–Trinajstić information content (AvgIpc) is 2.99. The number of rotatable bonds is 5. The largest absolute Gasteiger partial charge is 0.507 e. The van der Waals surface area contributed by atoms with Crippen molar-refractivity contribution in [2.45, 2.75) is 46.0 Å². The molecular formula is C20H26N4O3. The van der Waals surface area contributed by atoms with Crippen molar-refractivity contribution in [3.8, 4) is 17.0 Å². The van der Waals surface area contributed by atoms with Crippen molar-refractivity contribution in [1.29, 1.82) is 0 Å². The average molecular weight is 370 g/mol. The number of nitrogens with one attached hydrogen (secondary N) is 2. The second-order valence-electron chi connectivity index (χ2n) is 7.21. The van der Waals surface area contributed by atoms with Crippen LogP contribution in [0.2, 0.25) is 0 Å². The highest BCUT2D eigenvalue weighted by atomic mass is 16.3. The van der Waals surface area contributed by atoms with Gasteiger partial charge >= 0.3 is 6.03 Å². The van der Waals surface area contributed by atoms with Crippen molar-refractivity contribution >= 4 is 17.6 Å². The summed E-state index contributed by atoms with van der Waals surface area (Å²) in [5.41, 5.74) is 2.44. The zero-order valence-electron chi connectivity index (χ0n) is 16.0. The van der Waals surface area contributed by atoms with Gasteiger partial charge in [-0.15, -0.1) is 0 Å². The first-order valence-corrected chi connectivity index (χ1v) is 9.43. The number of aromatic hydroxyl groups is 1. The maximum Gasteiger partial charge on any atom is 0.342 e. The van der Waals surface area contributed by atoms with E-state index in [9.17, 15) is 14.7 Å². The lowest BCUT2D eigenvalue weighted by molar-refractivity contribution is -0.118. The fourth-order valence-corrected chi connectivity index (χ4v) is 3.02. The quantitative estimate of drug-likeness (QED) is 0.699. The zero-order chi connectivity index (χ0) is 19.6. The second-order valence-corrected chi connectivity index (χ2v) is 7.21. The maximum atomic E-state index is 12.4. The molecule has 0 spiro atoms. The minimum absolute atomic E-state index is 0.0539. The summed E-state index contributed by atoms with van der Waals surface area (Å²) in [6.45, 7) is 6.00. The van der Waals surface area contributed by atoms with Gasteiger partial charge < -0.3 is 15.7 Å². The molecule has 3 rings (SSSR count). The van der Waals surface area contributed by atoms with Crippen molar-refractivity contribution in [3.63, 3.8) is 0 Å². The molecule has 0 saturated heterocycles. The fourth-order valence-electron chi connectivity index (χ4n) is 3.02. The van der Waals surface area contributed by atoms with Gasteiger partial charge in [0, 0.05) is 29.6 Å². The highest BCUT2D eigenvalue weighted by molar-refractivity contribution is 5.93. The van der Waals surface area contributed by atoms with E-state index in [-0.39, 0.29) is 23.6 Å². The highest BCUT2D eigenvalue weighted by Crippen LogP contribution is 2.39. The van der Waals surface area contributed by atoms with Gasteiger partial charge in [-0.1, -0.05) is 20.3 Å². The van der Waals surface area contributed by atoms with Crippen LogP contribution in [0.1, 0.15) is 51.6 Å². The van der Waals surface area contributed by atoms with E-state index in [0.29, 0.717) is 29.4 Å². The number of benzene rings is 1. The predicted octanol–water partition coefficient (Wildman–Crippen LogP) is 3.70. The van der Waals surface area contributed by atoms with Crippen LogP contribution in [0.25, 0.3) is 11.3 Å². The second kappa shape index (κ2) is 7.82. The molecule has 2 amide bonds. The molecule has 0 aliphatic heterocycles. The highest BCUT2D eigenvalue weighted by Gasteiger charge is 2.27. The number of carbonyl (C=O) groups is 2. The molecule has 7 nitrogen and oxygen atoms in total. The van der Waals surface area contributed by atoms with Crippen LogP contribution in [0.4, 0.5) is 10.5 Å². The molecule has 0 radical (unpaired) electrons. The third kappa shape index (κ3) is 3.97. The van der Waals surface area contributed by atoms with Crippen molar-refractivity contribution < 1.29 is 14.7 Å². The number of nitrogens with zero attached hydrogens (tertiary/aromatic N) is 2. The molecule has 0 unspecified atom stereocenters. The SMILES string of the molecule is CCNC(=O)n1nc(-c2cc(NC(=O)C(C)C)ccc2O)cc1C1CCC1. The molecule has 1 fully saturated rings. The molecular weight excluding hydrogens is 344 g/mol. The van der Waals surface area contributed by atoms with Crippen molar-refractivity contribution in [2.75, 3.05) is 11.9 Å². The zero-order valence-corrected chi connectivity index (χ0v) is 16.0. The van der Waals surface area contributed by atoms with E-state index in [1.165, 1.54) is 10.7 Å². The molecule has 7 heteroatoms. The standard InChI is InChI=1S/C20H26N4O3/c1-4-21-20(27)24-17(13-6-5-7-13)11-16(23-24)15-10-14(8-9-18(15)25)22-19(26)12(2)3/h8-13,25H,4-7H2,1-3H3,(H,21,27)(H,22,26). The van der Waals surface area contributed by atoms with Crippen molar-refractivity contribution in [3.05, 3.63) is 30.0 Å². The van der Waals surface area contributed by atoms with E-state index < -0.39 is 0 Å². The number of carbonyl (C=O) groups excluding carboxylic acids is 2. The topological polar surface area (TPSA) is 96.3 Å². The summed E-state index contributed by atoms with van der Waals surface area (Å²) in [5, 5.41) is 20.4. The molecule has 3 N–H and O–H groups in total. The molecule has 0 bridgehead atoms. The first-order valence-electron chi connectivity index (χ1n) is 9.43. The van der Waals surface area contributed by atoms with Crippen LogP contribution in [0.5, 0.6) is 5.75 Å². The fraction of sp³-hybridized carbons (Fsp3) is 0.450. The molecule has 1 saturated carbocycles. The van der Waals surface area contributed by atoms with Crippen LogP contribution in [-0.4, -0.2) is 33.4 Å².